The molecule has 0 radical (unpaired) electrons. The highest BCUT2D eigenvalue weighted by molar-refractivity contribution is 7.89. The van der Waals surface area contributed by atoms with Crippen LogP contribution in [-0.2, 0) is 16.6 Å². The number of para-hydroxylation sites is 1. The Morgan fingerprint density at radius 2 is 2.00 bits per heavy atom. The van der Waals surface area contributed by atoms with Crippen molar-refractivity contribution in [2.75, 3.05) is 18.5 Å². The first-order valence-corrected chi connectivity index (χ1v) is 9.67. The van der Waals surface area contributed by atoms with Gasteiger partial charge in [0.2, 0.25) is 10.0 Å². The molecular formula is C17H20ClN3O2S. The maximum Gasteiger partial charge on any atom is 0.245 e. The zero-order valence-electron chi connectivity index (χ0n) is 13.7. The Kier molecular flexibility index (Phi) is 4.80. The molecule has 0 unspecified atom stereocenters. The zero-order chi connectivity index (χ0) is 17.3. The van der Waals surface area contributed by atoms with Crippen molar-refractivity contribution in [2.24, 2.45) is 0 Å². The quantitative estimate of drug-likeness (QED) is 0.784. The lowest BCUT2D eigenvalue weighted by Gasteiger charge is -2.29. The number of hydrogen-bond donors (Lipinski definition) is 0. The van der Waals surface area contributed by atoms with Gasteiger partial charge in [-0.2, -0.15) is 4.31 Å². The van der Waals surface area contributed by atoms with Crippen LogP contribution in [0.5, 0.6) is 0 Å². The Morgan fingerprint density at radius 3 is 2.67 bits per heavy atom. The van der Waals surface area contributed by atoms with E-state index in [1.165, 1.54) is 18.3 Å². The van der Waals surface area contributed by atoms with Gasteiger partial charge in [0.25, 0.3) is 0 Å². The Hall–Kier alpha value is -1.63. The van der Waals surface area contributed by atoms with Crippen molar-refractivity contribution in [2.45, 2.75) is 30.8 Å². The van der Waals surface area contributed by atoms with Gasteiger partial charge in [-0.25, -0.2) is 13.4 Å². The summed E-state index contributed by atoms with van der Waals surface area (Å²) in [6.45, 7) is 3.01. The van der Waals surface area contributed by atoms with Crippen molar-refractivity contribution >= 4 is 27.3 Å². The van der Waals surface area contributed by atoms with Crippen LogP contribution in [0.1, 0.15) is 18.9 Å². The minimum Gasteiger partial charge on any atom is -0.373 e. The third kappa shape index (κ3) is 3.14. The SMILES string of the molecule is CC[C@@H]1CN(C)c2ccccc2CN1S(=O)(=O)c1ccc(Cl)nc1. The molecule has 1 aliphatic rings. The minimum atomic E-state index is -3.64. The summed E-state index contributed by atoms with van der Waals surface area (Å²) in [6, 6.07) is 10.8. The van der Waals surface area contributed by atoms with E-state index in [0.717, 1.165) is 17.7 Å². The number of fused-ring (bicyclic) bond motifs is 1. The van der Waals surface area contributed by atoms with Crippen LogP contribution < -0.4 is 4.90 Å². The molecule has 0 spiro atoms. The smallest absolute Gasteiger partial charge is 0.245 e. The van der Waals surface area contributed by atoms with Crippen LogP contribution in [0.4, 0.5) is 5.69 Å². The van der Waals surface area contributed by atoms with E-state index < -0.39 is 10.0 Å². The largest absolute Gasteiger partial charge is 0.373 e. The molecule has 1 aromatic heterocycles. The van der Waals surface area contributed by atoms with Crippen molar-refractivity contribution in [1.29, 1.82) is 0 Å². The normalized spacial score (nSPS) is 19.0. The maximum absolute atomic E-state index is 13.2. The van der Waals surface area contributed by atoms with Crippen molar-refractivity contribution in [3.8, 4) is 0 Å². The topological polar surface area (TPSA) is 53.5 Å². The van der Waals surface area contributed by atoms with E-state index in [2.05, 4.69) is 9.88 Å². The van der Waals surface area contributed by atoms with E-state index >= 15 is 0 Å². The van der Waals surface area contributed by atoms with Gasteiger partial charge in [-0.05, 0) is 30.2 Å². The molecule has 24 heavy (non-hydrogen) atoms. The van der Waals surface area contributed by atoms with E-state index in [4.69, 9.17) is 11.6 Å². The predicted octanol–water partition coefficient (Wildman–Crippen LogP) is 3.15. The molecule has 0 aliphatic carbocycles. The first-order chi connectivity index (χ1) is 11.4. The number of halogens is 1. The number of aromatic nitrogens is 1. The molecule has 7 heteroatoms. The summed E-state index contributed by atoms with van der Waals surface area (Å²) < 4.78 is 27.9. The molecule has 0 bridgehead atoms. The van der Waals surface area contributed by atoms with E-state index in [1.807, 2.05) is 38.2 Å². The highest BCUT2D eigenvalue weighted by atomic mass is 35.5. The zero-order valence-corrected chi connectivity index (χ0v) is 15.3. The molecular weight excluding hydrogens is 346 g/mol. The standard InChI is InChI=1S/C17H20ClN3O2S/c1-3-14-12-20(2)16-7-5-4-6-13(16)11-21(14)24(22,23)15-8-9-17(18)19-10-15/h4-10,14H,3,11-12H2,1-2H3/t14-/m1/s1. The Labute approximate surface area is 147 Å². The third-order valence-electron chi connectivity index (χ3n) is 4.40. The third-order valence-corrected chi connectivity index (χ3v) is 6.50. The van der Waals surface area contributed by atoms with Crippen molar-refractivity contribution < 1.29 is 8.42 Å². The molecule has 128 valence electrons. The summed E-state index contributed by atoms with van der Waals surface area (Å²) >= 11 is 5.79. The monoisotopic (exact) mass is 365 g/mol. The molecule has 1 aliphatic heterocycles. The summed E-state index contributed by atoms with van der Waals surface area (Å²) in [5.41, 5.74) is 2.07. The van der Waals surface area contributed by atoms with Crippen molar-refractivity contribution in [3.05, 3.63) is 53.3 Å². The van der Waals surface area contributed by atoms with Crippen LogP contribution in [0.15, 0.2) is 47.5 Å². The highest BCUT2D eigenvalue weighted by Crippen LogP contribution is 2.31. The molecule has 0 N–H and O–H groups in total. The number of rotatable bonds is 3. The average molecular weight is 366 g/mol. The number of hydrogen-bond acceptors (Lipinski definition) is 4. The van der Waals surface area contributed by atoms with Crippen LogP contribution in [-0.4, -0.2) is 37.3 Å². The average Bonchev–Trinajstić information content (AvgIpc) is 2.72. The van der Waals surface area contributed by atoms with Crippen LogP contribution in [0, 0.1) is 0 Å². The molecule has 5 nitrogen and oxygen atoms in total. The Morgan fingerprint density at radius 1 is 1.25 bits per heavy atom. The lowest BCUT2D eigenvalue weighted by Crippen LogP contribution is -2.43. The number of nitrogens with zero attached hydrogens (tertiary/aromatic N) is 3. The fraction of sp³-hybridized carbons (Fsp3) is 0.353. The lowest BCUT2D eigenvalue weighted by atomic mass is 10.1. The summed E-state index contributed by atoms with van der Waals surface area (Å²) in [6.07, 6.45) is 2.06. The van der Waals surface area contributed by atoms with E-state index in [0.29, 0.717) is 13.1 Å². The van der Waals surface area contributed by atoms with Crippen LogP contribution >= 0.6 is 11.6 Å². The summed E-state index contributed by atoms with van der Waals surface area (Å²) in [7, 11) is -1.64. The number of anilines is 1. The van der Waals surface area contributed by atoms with Gasteiger partial charge < -0.3 is 4.90 Å². The molecule has 2 aromatic rings. The van der Waals surface area contributed by atoms with E-state index in [9.17, 15) is 8.42 Å². The Bertz CT molecular complexity index is 824. The summed E-state index contributed by atoms with van der Waals surface area (Å²) in [5, 5.41) is 0.280. The number of benzene rings is 1. The van der Waals surface area contributed by atoms with Gasteiger partial charge in [-0.3, -0.25) is 0 Å². The van der Waals surface area contributed by atoms with E-state index in [1.54, 1.807) is 4.31 Å². The second-order valence-electron chi connectivity index (χ2n) is 5.94. The fourth-order valence-corrected chi connectivity index (χ4v) is 4.81. The minimum absolute atomic E-state index is 0.108. The first-order valence-electron chi connectivity index (χ1n) is 7.86. The van der Waals surface area contributed by atoms with Gasteiger partial charge in [0, 0.05) is 38.1 Å². The fourth-order valence-electron chi connectivity index (χ4n) is 3.08. The van der Waals surface area contributed by atoms with Gasteiger partial charge >= 0.3 is 0 Å². The molecule has 2 heterocycles. The van der Waals surface area contributed by atoms with E-state index in [-0.39, 0.29) is 16.1 Å². The summed E-state index contributed by atoms with van der Waals surface area (Å²) in [5.74, 6) is 0. The van der Waals surface area contributed by atoms with Crippen LogP contribution in [0.2, 0.25) is 5.15 Å². The van der Waals surface area contributed by atoms with Crippen LogP contribution in [0.3, 0.4) is 0 Å². The molecule has 0 saturated heterocycles. The molecule has 1 aromatic carbocycles. The second-order valence-corrected chi connectivity index (χ2v) is 8.22. The number of sulfonamides is 1. The maximum atomic E-state index is 13.2. The van der Waals surface area contributed by atoms with Crippen LogP contribution in [0.25, 0.3) is 0 Å². The highest BCUT2D eigenvalue weighted by Gasteiger charge is 2.34. The molecule has 1 atom stereocenters. The second kappa shape index (κ2) is 6.70. The lowest BCUT2D eigenvalue weighted by molar-refractivity contribution is 0.315. The van der Waals surface area contributed by atoms with Gasteiger partial charge in [-0.15, -0.1) is 0 Å². The Balaban J connectivity index is 2.05. The molecule has 3 rings (SSSR count). The molecule has 0 saturated carbocycles. The van der Waals surface area contributed by atoms with Gasteiger partial charge in [-0.1, -0.05) is 36.7 Å². The van der Waals surface area contributed by atoms with Gasteiger partial charge in [0.05, 0.1) is 0 Å². The predicted molar refractivity (Wildman–Crippen MR) is 95.8 cm³/mol. The van der Waals surface area contributed by atoms with Crippen molar-refractivity contribution in [1.82, 2.24) is 9.29 Å². The van der Waals surface area contributed by atoms with Gasteiger partial charge in [0.1, 0.15) is 10.0 Å². The summed E-state index contributed by atoms with van der Waals surface area (Å²) in [4.78, 5) is 6.22. The van der Waals surface area contributed by atoms with Crippen molar-refractivity contribution in [3.63, 3.8) is 0 Å². The molecule has 0 fully saturated rings. The molecule has 0 amide bonds. The number of pyridine rings is 1. The number of likely N-dealkylation sites (N-methyl/N-ethyl adjacent to an activating group) is 1. The van der Waals surface area contributed by atoms with Gasteiger partial charge in [0.15, 0.2) is 0 Å². The first kappa shape index (κ1) is 17.2.